The molecule has 2 amide bonds. The number of hydrogen-bond acceptors (Lipinski definition) is 4. The Labute approximate surface area is 176 Å². The number of amides is 2. The zero-order valence-electron chi connectivity index (χ0n) is 15.9. The van der Waals surface area contributed by atoms with Crippen LogP contribution in [0.2, 0.25) is 0 Å². The molecule has 1 aliphatic rings. The summed E-state index contributed by atoms with van der Waals surface area (Å²) in [6.07, 6.45) is 1.52. The van der Waals surface area contributed by atoms with Crippen LogP contribution >= 0.6 is 15.9 Å². The van der Waals surface area contributed by atoms with E-state index in [4.69, 9.17) is 0 Å². The third-order valence-corrected chi connectivity index (χ3v) is 5.39. The number of benzene rings is 2. The number of hydrogen-bond donors (Lipinski definition) is 1. The highest BCUT2D eigenvalue weighted by atomic mass is 79.9. The molecule has 2 heterocycles. The molecule has 0 atom stereocenters. The maximum atomic E-state index is 12.8. The quantitative estimate of drug-likeness (QED) is 0.638. The normalized spacial score (nSPS) is 13.7. The molecular formula is C21H20BrN5O2. The molecule has 0 aliphatic carbocycles. The molecule has 0 spiro atoms. The number of halogens is 1. The smallest absolute Gasteiger partial charge is 0.278 e. The zero-order valence-corrected chi connectivity index (χ0v) is 17.5. The van der Waals surface area contributed by atoms with Gasteiger partial charge in [0.1, 0.15) is 0 Å². The molecule has 0 radical (unpaired) electrons. The van der Waals surface area contributed by atoms with Crippen LogP contribution in [0.25, 0.3) is 5.69 Å². The van der Waals surface area contributed by atoms with E-state index in [1.165, 1.54) is 0 Å². The van der Waals surface area contributed by atoms with Gasteiger partial charge in [-0.15, -0.1) is 5.10 Å². The Hall–Kier alpha value is -3.00. The molecule has 0 bridgehead atoms. The molecule has 8 heteroatoms. The van der Waals surface area contributed by atoms with E-state index in [-0.39, 0.29) is 17.5 Å². The van der Waals surface area contributed by atoms with E-state index in [1.54, 1.807) is 4.68 Å². The first kappa shape index (κ1) is 19.3. The van der Waals surface area contributed by atoms with Crippen LogP contribution in [0.4, 0.5) is 5.69 Å². The van der Waals surface area contributed by atoms with Gasteiger partial charge in [-0.1, -0.05) is 39.3 Å². The minimum absolute atomic E-state index is 0.180. The second-order valence-electron chi connectivity index (χ2n) is 6.99. The number of likely N-dealkylation sites (tertiary alicyclic amines) is 1. The van der Waals surface area contributed by atoms with Crippen LogP contribution in [0.5, 0.6) is 0 Å². The van der Waals surface area contributed by atoms with E-state index >= 15 is 0 Å². The third kappa shape index (κ3) is 4.22. The topological polar surface area (TPSA) is 80.1 Å². The second-order valence-corrected chi connectivity index (χ2v) is 7.90. The average molecular weight is 454 g/mol. The Bertz CT molecular complexity index is 1080. The molecule has 4 rings (SSSR count). The first-order valence-corrected chi connectivity index (χ1v) is 10.2. The van der Waals surface area contributed by atoms with Crippen molar-refractivity contribution >= 4 is 33.4 Å². The lowest BCUT2D eigenvalue weighted by Gasteiger charge is -2.16. The summed E-state index contributed by atoms with van der Waals surface area (Å²) in [6.45, 7) is 3.15. The average Bonchev–Trinajstić information content (AvgIpc) is 3.28. The first-order valence-electron chi connectivity index (χ1n) is 9.37. The van der Waals surface area contributed by atoms with Crippen LogP contribution in [0, 0.1) is 6.92 Å². The summed E-state index contributed by atoms with van der Waals surface area (Å²) >= 11 is 3.44. The molecule has 1 aliphatic heterocycles. The Morgan fingerprint density at radius 1 is 1.21 bits per heavy atom. The van der Waals surface area contributed by atoms with Crippen molar-refractivity contribution in [2.75, 3.05) is 11.9 Å². The molecule has 2 aromatic carbocycles. The van der Waals surface area contributed by atoms with Crippen LogP contribution < -0.4 is 5.32 Å². The Morgan fingerprint density at radius 3 is 2.79 bits per heavy atom. The van der Waals surface area contributed by atoms with Crippen molar-refractivity contribution in [2.45, 2.75) is 26.3 Å². The minimum atomic E-state index is -0.321. The molecular weight excluding hydrogens is 434 g/mol. The van der Waals surface area contributed by atoms with Gasteiger partial charge in [-0.05, 0) is 49.2 Å². The number of rotatable bonds is 5. The van der Waals surface area contributed by atoms with E-state index in [2.05, 4.69) is 31.6 Å². The lowest BCUT2D eigenvalue weighted by atomic mass is 10.2. The summed E-state index contributed by atoms with van der Waals surface area (Å²) in [4.78, 5) is 26.4. The number of nitrogens with zero attached hydrogens (tertiary/aromatic N) is 4. The Morgan fingerprint density at radius 2 is 2.03 bits per heavy atom. The van der Waals surface area contributed by atoms with Gasteiger partial charge in [-0.2, -0.15) is 0 Å². The van der Waals surface area contributed by atoms with Gasteiger partial charge < -0.3 is 10.2 Å². The van der Waals surface area contributed by atoms with Crippen LogP contribution in [-0.2, 0) is 11.3 Å². The van der Waals surface area contributed by atoms with Gasteiger partial charge in [0.15, 0.2) is 5.69 Å². The van der Waals surface area contributed by atoms with Crippen molar-refractivity contribution in [3.63, 3.8) is 0 Å². The molecule has 1 fully saturated rings. The summed E-state index contributed by atoms with van der Waals surface area (Å²) in [5.74, 6) is -0.141. The van der Waals surface area contributed by atoms with E-state index in [0.29, 0.717) is 24.3 Å². The molecule has 1 N–H and O–H groups in total. The molecule has 0 unspecified atom stereocenters. The van der Waals surface area contributed by atoms with Crippen molar-refractivity contribution in [1.29, 1.82) is 0 Å². The first-order chi connectivity index (χ1) is 14.0. The SMILES string of the molecule is Cc1c(C(=O)Nc2cccc(CN3CCCC3=O)c2)nnn1-c1cccc(Br)c1. The maximum Gasteiger partial charge on any atom is 0.278 e. The maximum absolute atomic E-state index is 12.8. The standard InChI is InChI=1S/C21H20BrN5O2/c1-14-20(24-25-27(14)18-8-3-6-16(22)12-18)21(29)23-17-7-2-5-15(11-17)13-26-10-4-9-19(26)28/h2-3,5-8,11-12H,4,9-10,13H2,1H3,(H,23,29). The fraction of sp³-hybridized carbons (Fsp3) is 0.238. The number of nitrogens with one attached hydrogen (secondary N) is 1. The fourth-order valence-corrected chi connectivity index (χ4v) is 3.81. The summed E-state index contributed by atoms with van der Waals surface area (Å²) in [5, 5.41) is 11.1. The monoisotopic (exact) mass is 453 g/mol. The molecule has 3 aromatic rings. The van der Waals surface area contributed by atoms with Crippen LogP contribution in [0.1, 0.15) is 34.6 Å². The van der Waals surface area contributed by atoms with E-state index < -0.39 is 0 Å². The summed E-state index contributed by atoms with van der Waals surface area (Å²) in [6, 6.07) is 15.2. The summed E-state index contributed by atoms with van der Waals surface area (Å²) in [5.41, 5.74) is 3.38. The molecule has 29 heavy (non-hydrogen) atoms. The fourth-order valence-electron chi connectivity index (χ4n) is 3.42. The van der Waals surface area contributed by atoms with Gasteiger partial charge >= 0.3 is 0 Å². The van der Waals surface area contributed by atoms with Crippen molar-refractivity contribution in [3.05, 3.63) is 70.0 Å². The number of anilines is 1. The molecule has 7 nitrogen and oxygen atoms in total. The Balaban J connectivity index is 1.50. The van der Waals surface area contributed by atoms with Gasteiger partial charge in [0.25, 0.3) is 5.91 Å². The minimum Gasteiger partial charge on any atom is -0.338 e. The lowest BCUT2D eigenvalue weighted by Crippen LogP contribution is -2.23. The third-order valence-electron chi connectivity index (χ3n) is 4.89. The number of carbonyl (C=O) groups excluding carboxylic acids is 2. The van der Waals surface area contributed by atoms with Gasteiger partial charge in [0, 0.05) is 29.7 Å². The van der Waals surface area contributed by atoms with Crippen LogP contribution in [-0.4, -0.2) is 38.3 Å². The number of carbonyl (C=O) groups is 2. The van der Waals surface area contributed by atoms with E-state index in [9.17, 15) is 9.59 Å². The van der Waals surface area contributed by atoms with E-state index in [1.807, 2.05) is 60.4 Å². The van der Waals surface area contributed by atoms with Gasteiger partial charge in [-0.3, -0.25) is 9.59 Å². The van der Waals surface area contributed by atoms with Crippen molar-refractivity contribution in [1.82, 2.24) is 19.9 Å². The Kier molecular flexibility index (Phi) is 5.44. The highest BCUT2D eigenvalue weighted by Crippen LogP contribution is 2.20. The zero-order chi connectivity index (χ0) is 20.4. The second kappa shape index (κ2) is 8.16. The van der Waals surface area contributed by atoms with Gasteiger partial charge in [0.2, 0.25) is 5.91 Å². The summed E-state index contributed by atoms with van der Waals surface area (Å²) < 4.78 is 2.55. The molecule has 1 aromatic heterocycles. The van der Waals surface area contributed by atoms with Gasteiger partial charge in [-0.25, -0.2) is 4.68 Å². The van der Waals surface area contributed by atoms with Crippen molar-refractivity contribution in [2.24, 2.45) is 0 Å². The predicted octanol–water partition coefficient (Wildman–Crippen LogP) is 3.71. The van der Waals surface area contributed by atoms with Gasteiger partial charge in [0.05, 0.1) is 11.4 Å². The van der Waals surface area contributed by atoms with Crippen molar-refractivity contribution in [3.8, 4) is 5.69 Å². The molecule has 148 valence electrons. The number of aromatic nitrogens is 3. The highest BCUT2D eigenvalue weighted by molar-refractivity contribution is 9.10. The summed E-state index contributed by atoms with van der Waals surface area (Å²) in [7, 11) is 0. The largest absolute Gasteiger partial charge is 0.338 e. The van der Waals surface area contributed by atoms with Crippen LogP contribution in [0.3, 0.4) is 0 Å². The lowest BCUT2D eigenvalue weighted by molar-refractivity contribution is -0.128. The highest BCUT2D eigenvalue weighted by Gasteiger charge is 2.21. The predicted molar refractivity (Wildman–Crippen MR) is 113 cm³/mol. The van der Waals surface area contributed by atoms with Crippen molar-refractivity contribution < 1.29 is 9.59 Å². The van der Waals surface area contributed by atoms with E-state index in [0.717, 1.165) is 28.7 Å². The molecule has 1 saturated heterocycles. The molecule has 0 saturated carbocycles. The van der Waals surface area contributed by atoms with Crippen LogP contribution in [0.15, 0.2) is 53.0 Å².